The molecule has 0 aliphatic carbocycles. The van der Waals surface area contributed by atoms with Crippen LogP contribution in [-0.4, -0.2) is 73.1 Å². The Hall–Kier alpha value is -2.38. The molecule has 2 fully saturated rings. The van der Waals surface area contributed by atoms with E-state index in [0.29, 0.717) is 16.7 Å². The number of para-hydroxylation sites is 1. The average molecular weight is 397 g/mol. The monoisotopic (exact) mass is 396 g/mol. The lowest BCUT2D eigenvalue weighted by Crippen LogP contribution is -2.51. The molecule has 3 N–H and O–H groups in total. The Labute approximate surface area is 173 Å². The summed E-state index contributed by atoms with van der Waals surface area (Å²) in [4.78, 5) is 4.99. The highest BCUT2D eigenvalue weighted by Crippen LogP contribution is 2.33. The number of anilines is 2. The normalized spacial score (nSPS) is 19.9. The van der Waals surface area contributed by atoms with Crippen molar-refractivity contribution >= 4 is 11.5 Å². The number of phenols is 1. The number of aromatic hydroxyl groups is 1. The quantitative estimate of drug-likeness (QED) is 0.716. The van der Waals surface area contributed by atoms with Crippen LogP contribution in [0.1, 0.15) is 19.8 Å². The lowest BCUT2D eigenvalue weighted by molar-refractivity contribution is 0.123. The highest BCUT2D eigenvalue weighted by molar-refractivity contribution is 5.74. The zero-order valence-corrected chi connectivity index (χ0v) is 17.5. The van der Waals surface area contributed by atoms with Crippen LogP contribution < -0.4 is 15.5 Å². The van der Waals surface area contributed by atoms with Gasteiger partial charge in [0.2, 0.25) is 0 Å². The van der Waals surface area contributed by atoms with Gasteiger partial charge in [0.05, 0.1) is 11.4 Å². The standard InChI is InChI=1S/C22H32N6O/c1-22(7-9-24-10-8-22)16-27-11-13-28(14-12-27)19-15-18(25-26-21(19)23-2)17-5-3-4-6-20(17)29/h3-6,15,24,29H,7-14,16H2,1-2H3,(H,23,26). The summed E-state index contributed by atoms with van der Waals surface area (Å²) in [6.45, 7) is 9.94. The van der Waals surface area contributed by atoms with Gasteiger partial charge in [0.1, 0.15) is 5.75 Å². The summed E-state index contributed by atoms with van der Waals surface area (Å²) in [5.74, 6) is 1.01. The third-order valence-corrected chi connectivity index (χ3v) is 6.32. The fourth-order valence-corrected chi connectivity index (χ4v) is 4.50. The summed E-state index contributed by atoms with van der Waals surface area (Å²) in [6, 6.07) is 9.32. The Kier molecular flexibility index (Phi) is 5.87. The lowest BCUT2D eigenvalue weighted by Gasteiger charge is -2.42. The van der Waals surface area contributed by atoms with Gasteiger partial charge < -0.3 is 20.6 Å². The number of nitrogens with zero attached hydrogens (tertiary/aromatic N) is 4. The second kappa shape index (κ2) is 8.55. The van der Waals surface area contributed by atoms with Gasteiger partial charge in [-0.15, -0.1) is 10.2 Å². The molecule has 1 aromatic carbocycles. The van der Waals surface area contributed by atoms with Crippen molar-refractivity contribution in [3.63, 3.8) is 0 Å². The average Bonchev–Trinajstić information content (AvgIpc) is 2.74. The molecule has 0 spiro atoms. The smallest absolute Gasteiger partial charge is 0.172 e. The molecule has 0 saturated carbocycles. The van der Waals surface area contributed by atoms with E-state index in [4.69, 9.17) is 0 Å². The van der Waals surface area contributed by atoms with Crippen molar-refractivity contribution in [2.45, 2.75) is 19.8 Å². The summed E-state index contributed by atoms with van der Waals surface area (Å²) in [7, 11) is 1.88. The minimum absolute atomic E-state index is 0.227. The van der Waals surface area contributed by atoms with Gasteiger partial charge in [0.25, 0.3) is 0 Å². The van der Waals surface area contributed by atoms with Crippen molar-refractivity contribution in [1.29, 1.82) is 0 Å². The largest absolute Gasteiger partial charge is 0.507 e. The Bertz CT molecular complexity index is 828. The Morgan fingerprint density at radius 2 is 1.83 bits per heavy atom. The van der Waals surface area contributed by atoms with Crippen LogP contribution in [0.4, 0.5) is 11.5 Å². The Balaban J connectivity index is 1.47. The van der Waals surface area contributed by atoms with Gasteiger partial charge in [-0.05, 0) is 49.5 Å². The topological polar surface area (TPSA) is 76.6 Å². The maximum atomic E-state index is 10.2. The van der Waals surface area contributed by atoms with Crippen LogP contribution in [0.5, 0.6) is 5.75 Å². The van der Waals surface area contributed by atoms with Crippen molar-refractivity contribution < 1.29 is 5.11 Å². The molecular weight excluding hydrogens is 364 g/mol. The highest BCUT2D eigenvalue weighted by Gasteiger charge is 2.30. The highest BCUT2D eigenvalue weighted by atomic mass is 16.3. The molecule has 0 radical (unpaired) electrons. The van der Waals surface area contributed by atoms with E-state index in [0.717, 1.165) is 50.8 Å². The first-order valence-corrected chi connectivity index (χ1v) is 10.6. The molecule has 1 aromatic heterocycles. The number of nitrogens with one attached hydrogen (secondary N) is 2. The first-order chi connectivity index (χ1) is 14.1. The molecule has 7 heteroatoms. The molecule has 0 bridgehead atoms. The summed E-state index contributed by atoms with van der Waals surface area (Å²) in [5.41, 5.74) is 2.89. The first-order valence-electron chi connectivity index (χ1n) is 10.6. The third kappa shape index (κ3) is 4.46. The molecule has 29 heavy (non-hydrogen) atoms. The molecule has 0 atom stereocenters. The van der Waals surface area contributed by atoms with Crippen molar-refractivity contribution in [1.82, 2.24) is 20.4 Å². The van der Waals surface area contributed by atoms with Crippen molar-refractivity contribution in [3.8, 4) is 17.0 Å². The van der Waals surface area contributed by atoms with Crippen LogP contribution in [0.25, 0.3) is 11.3 Å². The minimum atomic E-state index is 0.227. The zero-order chi connectivity index (χ0) is 20.3. The minimum Gasteiger partial charge on any atom is -0.507 e. The number of rotatable bonds is 5. The molecule has 3 heterocycles. The molecule has 2 aromatic rings. The number of aromatic nitrogens is 2. The number of hydrogen-bond donors (Lipinski definition) is 3. The molecular formula is C22H32N6O. The summed E-state index contributed by atoms with van der Waals surface area (Å²) >= 11 is 0. The van der Waals surface area contributed by atoms with Crippen LogP contribution in [0.2, 0.25) is 0 Å². The van der Waals surface area contributed by atoms with Crippen LogP contribution in [0.3, 0.4) is 0 Å². The Morgan fingerprint density at radius 1 is 1.10 bits per heavy atom. The second-order valence-electron chi connectivity index (χ2n) is 8.55. The maximum absolute atomic E-state index is 10.2. The summed E-state index contributed by atoms with van der Waals surface area (Å²) in [6.07, 6.45) is 2.52. The van der Waals surface area contributed by atoms with Gasteiger partial charge in [-0.1, -0.05) is 19.1 Å². The van der Waals surface area contributed by atoms with E-state index >= 15 is 0 Å². The Morgan fingerprint density at radius 3 is 2.52 bits per heavy atom. The number of piperazine rings is 1. The molecule has 4 rings (SSSR count). The first kappa shape index (κ1) is 19.9. The SMILES string of the molecule is CNc1nnc(-c2ccccc2O)cc1N1CCN(CC2(C)CCNCC2)CC1. The molecule has 2 saturated heterocycles. The summed E-state index contributed by atoms with van der Waals surface area (Å²) < 4.78 is 0. The van der Waals surface area contributed by atoms with E-state index < -0.39 is 0 Å². The van der Waals surface area contributed by atoms with Crippen LogP contribution in [0.15, 0.2) is 30.3 Å². The number of piperidine rings is 1. The van der Waals surface area contributed by atoms with Gasteiger partial charge >= 0.3 is 0 Å². The fraction of sp³-hybridized carbons (Fsp3) is 0.545. The van der Waals surface area contributed by atoms with Gasteiger partial charge in [0.15, 0.2) is 5.82 Å². The van der Waals surface area contributed by atoms with E-state index in [9.17, 15) is 5.11 Å². The van der Waals surface area contributed by atoms with Crippen LogP contribution in [-0.2, 0) is 0 Å². The van der Waals surface area contributed by atoms with E-state index in [1.165, 1.54) is 19.4 Å². The molecule has 2 aliphatic rings. The summed E-state index contributed by atoms with van der Waals surface area (Å²) in [5, 5.41) is 25.5. The van der Waals surface area contributed by atoms with Gasteiger partial charge in [0, 0.05) is 45.3 Å². The molecule has 0 amide bonds. The van der Waals surface area contributed by atoms with E-state index in [-0.39, 0.29) is 5.75 Å². The maximum Gasteiger partial charge on any atom is 0.172 e. The van der Waals surface area contributed by atoms with Crippen molar-refractivity contribution in [2.24, 2.45) is 5.41 Å². The van der Waals surface area contributed by atoms with Gasteiger partial charge in [-0.3, -0.25) is 4.90 Å². The van der Waals surface area contributed by atoms with Crippen molar-refractivity contribution in [3.05, 3.63) is 30.3 Å². The van der Waals surface area contributed by atoms with Crippen LogP contribution >= 0.6 is 0 Å². The predicted molar refractivity (Wildman–Crippen MR) is 118 cm³/mol. The van der Waals surface area contributed by atoms with Crippen LogP contribution in [0, 0.1) is 5.41 Å². The molecule has 7 nitrogen and oxygen atoms in total. The van der Waals surface area contributed by atoms with E-state index in [2.05, 4.69) is 37.6 Å². The fourth-order valence-electron chi connectivity index (χ4n) is 4.50. The zero-order valence-electron chi connectivity index (χ0n) is 17.5. The molecule has 156 valence electrons. The van der Waals surface area contributed by atoms with Gasteiger partial charge in [-0.2, -0.15) is 0 Å². The second-order valence-corrected chi connectivity index (χ2v) is 8.55. The lowest BCUT2D eigenvalue weighted by atomic mass is 9.80. The van der Waals surface area contributed by atoms with E-state index in [1.54, 1.807) is 6.07 Å². The molecule has 2 aliphatic heterocycles. The van der Waals surface area contributed by atoms with Crippen molar-refractivity contribution in [2.75, 3.05) is 63.1 Å². The number of benzene rings is 1. The predicted octanol–water partition coefficient (Wildman–Crippen LogP) is 2.40. The van der Waals surface area contributed by atoms with E-state index in [1.807, 2.05) is 31.3 Å². The van der Waals surface area contributed by atoms with Gasteiger partial charge in [-0.25, -0.2) is 0 Å². The number of hydrogen-bond acceptors (Lipinski definition) is 7. The number of phenolic OH excluding ortho intramolecular Hbond substituents is 1. The third-order valence-electron chi connectivity index (χ3n) is 6.32. The molecule has 0 unspecified atom stereocenters.